The minimum absolute atomic E-state index is 0.0116. The van der Waals surface area contributed by atoms with E-state index in [0.29, 0.717) is 17.9 Å². The third kappa shape index (κ3) is 2.43. The largest absolute Gasteiger partial charge is 0.490 e. The summed E-state index contributed by atoms with van der Waals surface area (Å²) < 4.78 is 11.1. The average Bonchev–Trinajstić information content (AvgIpc) is 2.76. The Labute approximate surface area is 112 Å². The van der Waals surface area contributed by atoms with Gasteiger partial charge in [0.2, 0.25) is 5.76 Å². The van der Waals surface area contributed by atoms with Crippen molar-refractivity contribution in [3.05, 3.63) is 29.5 Å². The van der Waals surface area contributed by atoms with Crippen LogP contribution in [0.2, 0.25) is 0 Å². The number of para-hydroxylation sites is 1. The van der Waals surface area contributed by atoms with Crippen molar-refractivity contribution in [3.63, 3.8) is 0 Å². The Bertz CT molecular complexity index is 595. The summed E-state index contributed by atoms with van der Waals surface area (Å²) in [5, 5.41) is 10.1. The molecule has 2 aromatic rings. The zero-order valence-corrected chi connectivity index (χ0v) is 11.4. The van der Waals surface area contributed by atoms with Crippen LogP contribution in [0.1, 0.15) is 49.2 Å². The SMILES string of the molecule is CCCOc1cccc2c(C(C)C)c(C(=O)O)oc12. The molecular formula is C15H18O4. The second-order valence-corrected chi connectivity index (χ2v) is 4.79. The number of carboxylic acids is 1. The van der Waals surface area contributed by atoms with E-state index in [4.69, 9.17) is 9.15 Å². The molecule has 0 amide bonds. The van der Waals surface area contributed by atoms with E-state index in [2.05, 4.69) is 0 Å². The van der Waals surface area contributed by atoms with Crippen LogP contribution in [-0.4, -0.2) is 17.7 Å². The van der Waals surface area contributed by atoms with Crippen LogP contribution in [0.5, 0.6) is 5.75 Å². The molecule has 102 valence electrons. The van der Waals surface area contributed by atoms with Crippen molar-refractivity contribution in [2.24, 2.45) is 0 Å². The van der Waals surface area contributed by atoms with Gasteiger partial charge in [-0.15, -0.1) is 0 Å². The number of ether oxygens (including phenoxy) is 1. The molecule has 0 atom stereocenters. The Balaban J connectivity index is 2.64. The van der Waals surface area contributed by atoms with Crippen LogP contribution in [0.15, 0.2) is 22.6 Å². The average molecular weight is 262 g/mol. The highest BCUT2D eigenvalue weighted by Crippen LogP contribution is 2.36. The highest BCUT2D eigenvalue weighted by molar-refractivity contribution is 5.97. The molecule has 1 N–H and O–H groups in total. The summed E-state index contributed by atoms with van der Waals surface area (Å²) in [5.41, 5.74) is 1.25. The molecule has 0 bridgehead atoms. The monoisotopic (exact) mass is 262 g/mol. The number of hydrogen-bond acceptors (Lipinski definition) is 3. The lowest BCUT2D eigenvalue weighted by Crippen LogP contribution is -2.00. The first-order valence-electron chi connectivity index (χ1n) is 6.47. The second kappa shape index (κ2) is 5.34. The van der Waals surface area contributed by atoms with Gasteiger partial charge in [-0.3, -0.25) is 0 Å². The van der Waals surface area contributed by atoms with E-state index in [1.807, 2.05) is 32.9 Å². The summed E-state index contributed by atoms with van der Waals surface area (Å²) in [6, 6.07) is 5.54. The predicted octanol–water partition coefficient (Wildman–Crippen LogP) is 4.04. The highest BCUT2D eigenvalue weighted by Gasteiger charge is 2.23. The summed E-state index contributed by atoms with van der Waals surface area (Å²) in [5.74, 6) is -0.346. The van der Waals surface area contributed by atoms with Crippen LogP contribution in [0.4, 0.5) is 0 Å². The molecule has 0 unspecified atom stereocenters. The number of fused-ring (bicyclic) bond motifs is 1. The number of benzene rings is 1. The Morgan fingerprint density at radius 2 is 2.16 bits per heavy atom. The fourth-order valence-corrected chi connectivity index (χ4v) is 2.17. The Morgan fingerprint density at radius 1 is 1.42 bits per heavy atom. The van der Waals surface area contributed by atoms with Gasteiger partial charge in [0.25, 0.3) is 0 Å². The molecule has 1 heterocycles. The molecule has 1 aromatic heterocycles. The second-order valence-electron chi connectivity index (χ2n) is 4.79. The summed E-state index contributed by atoms with van der Waals surface area (Å²) in [4.78, 5) is 11.3. The zero-order chi connectivity index (χ0) is 14.0. The maximum absolute atomic E-state index is 11.3. The summed E-state index contributed by atoms with van der Waals surface area (Å²) in [6.45, 7) is 6.51. The third-order valence-electron chi connectivity index (χ3n) is 2.95. The minimum Gasteiger partial charge on any atom is -0.490 e. The Morgan fingerprint density at radius 3 is 2.74 bits per heavy atom. The van der Waals surface area contributed by atoms with E-state index in [9.17, 15) is 9.90 Å². The number of rotatable bonds is 5. The molecule has 0 aliphatic rings. The van der Waals surface area contributed by atoms with E-state index in [1.54, 1.807) is 6.07 Å². The van der Waals surface area contributed by atoms with Crippen LogP contribution in [0, 0.1) is 0 Å². The van der Waals surface area contributed by atoms with Gasteiger partial charge in [-0.25, -0.2) is 4.79 Å². The first kappa shape index (κ1) is 13.5. The highest BCUT2D eigenvalue weighted by atomic mass is 16.5. The van der Waals surface area contributed by atoms with Gasteiger partial charge in [0.05, 0.1) is 6.61 Å². The molecular weight excluding hydrogens is 244 g/mol. The minimum atomic E-state index is -1.04. The smallest absolute Gasteiger partial charge is 0.372 e. The van der Waals surface area contributed by atoms with E-state index in [1.165, 1.54) is 0 Å². The molecule has 4 nitrogen and oxygen atoms in total. The molecule has 0 fully saturated rings. The van der Waals surface area contributed by atoms with Crippen molar-refractivity contribution in [3.8, 4) is 5.75 Å². The molecule has 2 rings (SSSR count). The molecule has 0 aliphatic carbocycles. The number of aromatic carboxylic acids is 1. The summed E-state index contributed by atoms with van der Waals surface area (Å²) in [6.07, 6.45) is 0.889. The van der Waals surface area contributed by atoms with Crippen LogP contribution < -0.4 is 4.74 Å². The first-order valence-corrected chi connectivity index (χ1v) is 6.47. The van der Waals surface area contributed by atoms with Gasteiger partial charge in [-0.1, -0.05) is 32.9 Å². The number of carboxylic acid groups (broad SMARTS) is 1. The molecule has 4 heteroatoms. The van der Waals surface area contributed by atoms with E-state index < -0.39 is 5.97 Å². The Hall–Kier alpha value is -1.97. The van der Waals surface area contributed by atoms with Gasteiger partial charge in [0.1, 0.15) is 0 Å². The van der Waals surface area contributed by atoms with Crippen LogP contribution in [0.3, 0.4) is 0 Å². The lowest BCUT2D eigenvalue weighted by molar-refractivity contribution is 0.0662. The normalized spacial score (nSPS) is 11.2. The van der Waals surface area contributed by atoms with Crippen LogP contribution in [0.25, 0.3) is 11.0 Å². The quantitative estimate of drug-likeness (QED) is 0.883. The standard InChI is InChI=1S/C15H18O4/c1-4-8-18-11-7-5-6-10-12(9(2)3)14(15(16)17)19-13(10)11/h5-7,9H,4,8H2,1-3H3,(H,16,17). The summed E-state index contributed by atoms with van der Waals surface area (Å²) >= 11 is 0. The molecule has 0 saturated carbocycles. The van der Waals surface area contributed by atoms with Crippen LogP contribution in [-0.2, 0) is 0 Å². The molecule has 0 saturated heterocycles. The maximum Gasteiger partial charge on any atom is 0.372 e. The predicted molar refractivity (Wildman–Crippen MR) is 73.0 cm³/mol. The van der Waals surface area contributed by atoms with Crippen molar-refractivity contribution < 1.29 is 19.1 Å². The topological polar surface area (TPSA) is 59.7 Å². The number of hydrogen-bond donors (Lipinski definition) is 1. The van der Waals surface area contributed by atoms with Crippen molar-refractivity contribution in [2.45, 2.75) is 33.1 Å². The van der Waals surface area contributed by atoms with Gasteiger partial charge in [-0.05, 0) is 18.4 Å². The van der Waals surface area contributed by atoms with Gasteiger partial charge in [0, 0.05) is 10.9 Å². The third-order valence-corrected chi connectivity index (χ3v) is 2.95. The van der Waals surface area contributed by atoms with Crippen molar-refractivity contribution in [1.82, 2.24) is 0 Å². The molecule has 0 spiro atoms. The van der Waals surface area contributed by atoms with Crippen molar-refractivity contribution >= 4 is 16.9 Å². The number of carbonyl (C=O) groups is 1. The summed E-state index contributed by atoms with van der Waals surface area (Å²) in [7, 11) is 0. The molecule has 0 radical (unpaired) electrons. The van der Waals surface area contributed by atoms with Crippen molar-refractivity contribution in [1.29, 1.82) is 0 Å². The van der Waals surface area contributed by atoms with Crippen LogP contribution >= 0.6 is 0 Å². The van der Waals surface area contributed by atoms with Gasteiger partial charge >= 0.3 is 5.97 Å². The molecule has 19 heavy (non-hydrogen) atoms. The fraction of sp³-hybridized carbons (Fsp3) is 0.400. The molecule has 1 aromatic carbocycles. The first-order chi connectivity index (χ1) is 9.06. The van der Waals surface area contributed by atoms with Crippen molar-refractivity contribution in [2.75, 3.05) is 6.61 Å². The van der Waals surface area contributed by atoms with E-state index in [-0.39, 0.29) is 11.7 Å². The van der Waals surface area contributed by atoms with Gasteiger partial charge in [-0.2, -0.15) is 0 Å². The fourth-order valence-electron chi connectivity index (χ4n) is 2.17. The lowest BCUT2D eigenvalue weighted by atomic mass is 9.99. The van der Waals surface area contributed by atoms with E-state index in [0.717, 1.165) is 17.4 Å². The van der Waals surface area contributed by atoms with Gasteiger partial charge in [0.15, 0.2) is 11.3 Å². The number of furan rings is 1. The lowest BCUT2D eigenvalue weighted by Gasteiger charge is -2.05. The maximum atomic E-state index is 11.3. The van der Waals surface area contributed by atoms with E-state index >= 15 is 0 Å². The Kier molecular flexibility index (Phi) is 3.79. The molecule has 0 aliphatic heterocycles. The van der Waals surface area contributed by atoms with Gasteiger partial charge < -0.3 is 14.3 Å². The zero-order valence-electron chi connectivity index (χ0n) is 11.4.